The Kier molecular flexibility index (Phi) is 3.98. The van der Waals surface area contributed by atoms with E-state index in [4.69, 9.17) is 17.3 Å². The number of nitrogens with one attached hydrogen (secondary N) is 1. The van der Waals surface area contributed by atoms with Crippen molar-refractivity contribution in [3.8, 4) is 0 Å². The second-order valence-electron chi connectivity index (χ2n) is 3.65. The number of anilines is 2. The van der Waals surface area contributed by atoms with Crippen LogP contribution in [0.5, 0.6) is 0 Å². The van der Waals surface area contributed by atoms with Gasteiger partial charge in [0.2, 0.25) is 0 Å². The van der Waals surface area contributed by atoms with Gasteiger partial charge in [-0.3, -0.25) is 4.72 Å². The van der Waals surface area contributed by atoms with Crippen LogP contribution in [0.1, 0.15) is 0 Å². The molecule has 0 unspecified atom stereocenters. The second-order valence-corrected chi connectivity index (χ2v) is 6.61. The summed E-state index contributed by atoms with van der Waals surface area (Å²) in [6.45, 7) is 0. The number of hydrogen-bond donors (Lipinski definition) is 2. The average Bonchev–Trinajstić information content (AvgIpc) is 2.27. The van der Waals surface area contributed by atoms with Crippen LogP contribution in [0, 0.1) is 0 Å². The van der Waals surface area contributed by atoms with Gasteiger partial charge in [-0.1, -0.05) is 27.5 Å². The average molecular weight is 363 g/mol. The Balaban J connectivity index is 2.38. The summed E-state index contributed by atoms with van der Waals surface area (Å²) in [6.07, 6.45) is 1.41. The van der Waals surface area contributed by atoms with E-state index in [1.165, 1.54) is 30.5 Å². The molecule has 0 amide bonds. The lowest BCUT2D eigenvalue weighted by molar-refractivity contribution is 0.601. The Hall–Kier alpha value is -1.31. The molecule has 0 aliphatic carbocycles. The van der Waals surface area contributed by atoms with Gasteiger partial charge in [-0.05, 0) is 30.3 Å². The molecule has 0 spiro atoms. The monoisotopic (exact) mass is 361 g/mol. The summed E-state index contributed by atoms with van der Waals surface area (Å²) in [6, 6.07) is 7.45. The zero-order valence-electron chi connectivity index (χ0n) is 9.47. The Morgan fingerprint density at radius 2 is 2.00 bits per heavy atom. The van der Waals surface area contributed by atoms with Crippen LogP contribution in [0.4, 0.5) is 11.4 Å². The quantitative estimate of drug-likeness (QED) is 0.649. The van der Waals surface area contributed by atoms with Crippen LogP contribution in [-0.4, -0.2) is 13.4 Å². The summed E-state index contributed by atoms with van der Waals surface area (Å²) in [5.41, 5.74) is 6.18. The SMILES string of the molecule is Nc1cc(Br)ccc1S(=O)(=O)Nc1ccnc(Cl)c1. The molecule has 3 N–H and O–H groups in total. The van der Waals surface area contributed by atoms with Crippen molar-refractivity contribution >= 4 is 48.9 Å². The van der Waals surface area contributed by atoms with Gasteiger partial charge in [0, 0.05) is 10.7 Å². The normalized spacial score (nSPS) is 11.3. The molecule has 0 radical (unpaired) electrons. The van der Waals surface area contributed by atoms with E-state index in [-0.39, 0.29) is 15.7 Å². The van der Waals surface area contributed by atoms with E-state index < -0.39 is 10.0 Å². The van der Waals surface area contributed by atoms with E-state index in [1.54, 1.807) is 6.07 Å². The Bertz CT molecular complexity index is 722. The van der Waals surface area contributed by atoms with Crippen LogP contribution in [-0.2, 0) is 10.0 Å². The lowest BCUT2D eigenvalue weighted by Gasteiger charge is -2.10. The number of rotatable bonds is 3. The fourth-order valence-electron chi connectivity index (χ4n) is 1.44. The first-order chi connectivity index (χ1) is 8.88. The largest absolute Gasteiger partial charge is 0.398 e. The van der Waals surface area contributed by atoms with E-state index >= 15 is 0 Å². The zero-order valence-corrected chi connectivity index (χ0v) is 12.6. The third kappa shape index (κ3) is 3.37. The van der Waals surface area contributed by atoms with Gasteiger partial charge in [0.1, 0.15) is 10.0 Å². The first kappa shape index (κ1) is 14.1. The van der Waals surface area contributed by atoms with Gasteiger partial charge in [0.05, 0.1) is 11.4 Å². The van der Waals surface area contributed by atoms with Crippen molar-refractivity contribution in [2.24, 2.45) is 0 Å². The predicted molar refractivity (Wildman–Crippen MR) is 78.6 cm³/mol. The summed E-state index contributed by atoms with van der Waals surface area (Å²) in [5.74, 6) is 0. The molecule has 0 aliphatic heterocycles. The summed E-state index contributed by atoms with van der Waals surface area (Å²) in [4.78, 5) is 3.77. The van der Waals surface area contributed by atoms with Crippen LogP contribution in [0.25, 0.3) is 0 Å². The molecule has 1 aromatic heterocycles. The lowest BCUT2D eigenvalue weighted by atomic mass is 10.3. The van der Waals surface area contributed by atoms with Gasteiger partial charge in [-0.25, -0.2) is 13.4 Å². The number of nitrogen functional groups attached to an aromatic ring is 1. The minimum Gasteiger partial charge on any atom is -0.398 e. The first-order valence-electron chi connectivity index (χ1n) is 5.08. The number of nitrogens with two attached hydrogens (primary N) is 1. The van der Waals surface area contributed by atoms with Gasteiger partial charge < -0.3 is 5.73 Å². The summed E-state index contributed by atoms with van der Waals surface area (Å²) in [7, 11) is -3.76. The molecule has 19 heavy (non-hydrogen) atoms. The number of aromatic nitrogens is 1. The predicted octanol–water partition coefficient (Wildman–Crippen LogP) is 2.88. The van der Waals surface area contributed by atoms with Gasteiger partial charge in [0.25, 0.3) is 10.0 Å². The summed E-state index contributed by atoms with van der Waals surface area (Å²) < 4.78 is 27.4. The van der Waals surface area contributed by atoms with Crippen molar-refractivity contribution in [2.45, 2.75) is 4.90 Å². The van der Waals surface area contributed by atoms with Gasteiger partial charge in [-0.2, -0.15) is 0 Å². The van der Waals surface area contributed by atoms with Crippen molar-refractivity contribution in [1.82, 2.24) is 4.98 Å². The van der Waals surface area contributed by atoms with E-state index in [0.717, 1.165) is 0 Å². The molecule has 5 nitrogen and oxygen atoms in total. The molecular weight excluding hydrogens is 354 g/mol. The Morgan fingerprint density at radius 3 is 2.63 bits per heavy atom. The fraction of sp³-hybridized carbons (Fsp3) is 0. The second kappa shape index (κ2) is 5.36. The van der Waals surface area contributed by atoms with Crippen LogP contribution in [0.3, 0.4) is 0 Å². The molecule has 0 fully saturated rings. The number of nitrogens with zero attached hydrogens (tertiary/aromatic N) is 1. The Morgan fingerprint density at radius 1 is 1.26 bits per heavy atom. The molecule has 0 saturated carbocycles. The number of hydrogen-bond acceptors (Lipinski definition) is 4. The van der Waals surface area contributed by atoms with E-state index in [1.807, 2.05) is 0 Å². The van der Waals surface area contributed by atoms with Crippen LogP contribution >= 0.6 is 27.5 Å². The summed E-state index contributed by atoms with van der Waals surface area (Å²) >= 11 is 8.91. The van der Waals surface area contributed by atoms with Crippen LogP contribution < -0.4 is 10.5 Å². The van der Waals surface area contributed by atoms with Crippen molar-refractivity contribution < 1.29 is 8.42 Å². The topological polar surface area (TPSA) is 85.1 Å². The van der Waals surface area contributed by atoms with E-state index in [0.29, 0.717) is 10.2 Å². The molecule has 0 bridgehead atoms. The molecule has 0 saturated heterocycles. The Labute approximate surface area is 124 Å². The van der Waals surface area contributed by atoms with E-state index in [2.05, 4.69) is 25.6 Å². The third-order valence-electron chi connectivity index (χ3n) is 2.24. The number of halogens is 2. The minimum absolute atomic E-state index is 0.00337. The van der Waals surface area contributed by atoms with Crippen molar-refractivity contribution in [3.05, 3.63) is 46.2 Å². The van der Waals surface area contributed by atoms with Crippen LogP contribution in [0.15, 0.2) is 45.9 Å². The highest BCUT2D eigenvalue weighted by Gasteiger charge is 2.17. The molecule has 1 aromatic carbocycles. The number of benzene rings is 1. The highest BCUT2D eigenvalue weighted by Crippen LogP contribution is 2.25. The molecule has 8 heteroatoms. The zero-order chi connectivity index (χ0) is 14.0. The van der Waals surface area contributed by atoms with E-state index in [9.17, 15) is 8.42 Å². The highest BCUT2D eigenvalue weighted by atomic mass is 79.9. The number of pyridine rings is 1. The molecule has 0 atom stereocenters. The maximum atomic E-state index is 12.2. The maximum Gasteiger partial charge on any atom is 0.263 e. The number of sulfonamides is 1. The molecule has 100 valence electrons. The molecule has 2 aromatic rings. The lowest BCUT2D eigenvalue weighted by Crippen LogP contribution is -2.14. The molecule has 0 aliphatic rings. The molecular formula is C11H9BrClN3O2S. The maximum absolute atomic E-state index is 12.2. The van der Waals surface area contributed by atoms with Crippen molar-refractivity contribution in [2.75, 3.05) is 10.5 Å². The highest BCUT2D eigenvalue weighted by molar-refractivity contribution is 9.10. The first-order valence-corrected chi connectivity index (χ1v) is 7.73. The van der Waals surface area contributed by atoms with Crippen molar-refractivity contribution in [3.63, 3.8) is 0 Å². The summed E-state index contributed by atoms with van der Waals surface area (Å²) in [5, 5.41) is 0.198. The van der Waals surface area contributed by atoms with Gasteiger partial charge in [0.15, 0.2) is 0 Å². The van der Waals surface area contributed by atoms with Crippen LogP contribution in [0.2, 0.25) is 5.15 Å². The molecule has 1 heterocycles. The fourth-order valence-corrected chi connectivity index (χ4v) is 3.16. The third-order valence-corrected chi connectivity index (χ3v) is 4.40. The van der Waals surface area contributed by atoms with Crippen molar-refractivity contribution in [1.29, 1.82) is 0 Å². The minimum atomic E-state index is -3.76. The standard InChI is InChI=1S/C11H9BrClN3O2S/c12-7-1-2-10(9(14)5-7)19(17,18)16-8-3-4-15-11(13)6-8/h1-6H,14H2,(H,15,16). The molecule has 2 rings (SSSR count). The smallest absolute Gasteiger partial charge is 0.263 e. The van der Waals surface area contributed by atoms with Gasteiger partial charge in [-0.15, -0.1) is 0 Å². The van der Waals surface area contributed by atoms with Gasteiger partial charge >= 0.3 is 0 Å².